The van der Waals surface area contributed by atoms with Crippen LogP contribution in [0.15, 0.2) is 12.1 Å². The highest BCUT2D eigenvalue weighted by Gasteiger charge is 2.15. The van der Waals surface area contributed by atoms with Crippen LogP contribution in [0.5, 0.6) is 5.75 Å². The Labute approximate surface area is 67.4 Å². The highest BCUT2D eigenvalue weighted by molar-refractivity contribution is 5.47. The predicted octanol–water partition coefficient (Wildman–Crippen LogP) is 1.75. The van der Waals surface area contributed by atoms with E-state index in [2.05, 4.69) is 0 Å². The molecule has 0 radical (unpaired) electrons. The molecule has 0 saturated carbocycles. The lowest BCUT2D eigenvalue weighted by atomic mass is 10.2. The molecule has 0 unspecified atom stereocenters. The van der Waals surface area contributed by atoms with Gasteiger partial charge in [0, 0.05) is 6.07 Å². The van der Waals surface area contributed by atoms with Gasteiger partial charge in [0.2, 0.25) is 0 Å². The Balaban J connectivity index is 3.37. The number of aromatic hydroxyl groups is 1. The third-order valence-corrected chi connectivity index (χ3v) is 1.51. The third kappa shape index (κ3) is 1.34. The molecule has 0 amide bonds. The zero-order chi connectivity index (χ0) is 9.30. The van der Waals surface area contributed by atoms with Crippen LogP contribution in [-0.4, -0.2) is 10.0 Å². The molecule has 0 spiro atoms. The number of hydrogen-bond acceptors (Lipinski definition) is 3. The molecule has 0 fully saturated rings. The predicted molar refractivity (Wildman–Crippen MR) is 39.5 cm³/mol. The summed E-state index contributed by atoms with van der Waals surface area (Å²) in [6.45, 7) is 1.35. The van der Waals surface area contributed by atoms with E-state index in [1.807, 2.05) is 0 Å². The van der Waals surface area contributed by atoms with Crippen molar-refractivity contribution < 1.29 is 14.4 Å². The second-order valence-electron chi connectivity index (χ2n) is 2.33. The monoisotopic (exact) mass is 171 g/mol. The quantitative estimate of drug-likeness (QED) is 0.517. The molecule has 0 bridgehead atoms. The summed E-state index contributed by atoms with van der Waals surface area (Å²) in [7, 11) is 0. The first-order valence-electron chi connectivity index (χ1n) is 3.16. The number of nitrogens with zero attached hydrogens (tertiary/aromatic N) is 1. The van der Waals surface area contributed by atoms with Gasteiger partial charge in [-0.1, -0.05) is 0 Å². The first-order chi connectivity index (χ1) is 5.52. The molecule has 1 aromatic rings. The lowest BCUT2D eigenvalue weighted by molar-refractivity contribution is -0.385. The minimum atomic E-state index is -0.815. The number of halogens is 1. The van der Waals surface area contributed by atoms with Crippen molar-refractivity contribution in [3.05, 3.63) is 33.6 Å². The summed E-state index contributed by atoms with van der Waals surface area (Å²) in [6, 6.07) is 1.61. The standard InChI is InChI=1S/C7H6FNO3/c1-4-6(9(11)12)2-5(8)3-7(4)10/h2-3,10H,1H3. The molecule has 12 heavy (non-hydrogen) atoms. The van der Waals surface area contributed by atoms with Crippen LogP contribution in [0.4, 0.5) is 10.1 Å². The van der Waals surface area contributed by atoms with Crippen molar-refractivity contribution in [2.75, 3.05) is 0 Å². The fourth-order valence-corrected chi connectivity index (χ4v) is 0.840. The molecule has 0 heterocycles. The zero-order valence-electron chi connectivity index (χ0n) is 6.24. The molecule has 0 aromatic heterocycles. The molecule has 0 aliphatic rings. The van der Waals surface area contributed by atoms with Gasteiger partial charge in [-0.15, -0.1) is 0 Å². The van der Waals surface area contributed by atoms with Crippen molar-refractivity contribution in [3.8, 4) is 5.75 Å². The number of benzene rings is 1. The largest absolute Gasteiger partial charge is 0.507 e. The second-order valence-corrected chi connectivity index (χ2v) is 2.33. The molecule has 5 heteroatoms. The van der Waals surface area contributed by atoms with E-state index in [-0.39, 0.29) is 5.56 Å². The molecule has 1 aromatic carbocycles. The molecule has 0 aliphatic carbocycles. The van der Waals surface area contributed by atoms with Gasteiger partial charge in [-0.3, -0.25) is 10.1 Å². The number of hydrogen-bond donors (Lipinski definition) is 1. The molecular formula is C7H6FNO3. The average Bonchev–Trinajstić information content (AvgIpc) is 1.96. The molecule has 1 rings (SSSR count). The zero-order valence-corrected chi connectivity index (χ0v) is 6.24. The first-order valence-corrected chi connectivity index (χ1v) is 3.16. The lowest BCUT2D eigenvalue weighted by Crippen LogP contribution is -1.92. The number of nitro benzene ring substituents is 1. The Morgan fingerprint density at radius 2 is 2.17 bits per heavy atom. The van der Waals surface area contributed by atoms with Crippen molar-refractivity contribution in [3.63, 3.8) is 0 Å². The average molecular weight is 171 g/mol. The minimum Gasteiger partial charge on any atom is -0.507 e. The van der Waals surface area contributed by atoms with Crippen LogP contribution in [-0.2, 0) is 0 Å². The van der Waals surface area contributed by atoms with Crippen LogP contribution in [0.2, 0.25) is 0 Å². The molecule has 0 saturated heterocycles. The van der Waals surface area contributed by atoms with Gasteiger partial charge in [0.05, 0.1) is 16.6 Å². The Hall–Kier alpha value is -1.65. The normalized spacial score (nSPS) is 9.83. The van der Waals surface area contributed by atoms with Gasteiger partial charge in [-0.25, -0.2) is 4.39 Å². The van der Waals surface area contributed by atoms with Crippen LogP contribution in [0, 0.1) is 22.9 Å². The van der Waals surface area contributed by atoms with E-state index in [4.69, 9.17) is 5.11 Å². The Morgan fingerprint density at radius 1 is 1.58 bits per heavy atom. The number of phenolic OH excluding ortho intramolecular Hbond substituents is 1. The van der Waals surface area contributed by atoms with E-state index >= 15 is 0 Å². The number of nitro groups is 1. The highest BCUT2D eigenvalue weighted by Crippen LogP contribution is 2.27. The van der Waals surface area contributed by atoms with Crippen molar-refractivity contribution in [1.29, 1.82) is 0 Å². The maximum absolute atomic E-state index is 12.5. The van der Waals surface area contributed by atoms with Crippen LogP contribution >= 0.6 is 0 Å². The van der Waals surface area contributed by atoms with Crippen molar-refractivity contribution in [2.45, 2.75) is 6.92 Å². The molecule has 0 aliphatic heterocycles. The Bertz CT molecular complexity index is 338. The van der Waals surface area contributed by atoms with E-state index in [1.54, 1.807) is 0 Å². The van der Waals surface area contributed by atoms with Crippen LogP contribution < -0.4 is 0 Å². The topological polar surface area (TPSA) is 63.4 Å². The summed E-state index contributed by atoms with van der Waals surface area (Å²) < 4.78 is 12.5. The van der Waals surface area contributed by atoms with Gasteiger partial charge >= 0.3 is 0 Å². The highest BCUT2D eigenvalue weighted by atomic mass is 19.1. The van der Waals surface area contributed by atoms with E-state index < -0.39 is 22.2 Å². The van der Waals surface area contributed by atoms with E-state index in [0.717, 1.165) is 12.1 Å². The summed E-state index contributed by atoms with van der Waals surface area (Å²) in [4.78, 5) is 9.52. The van der Waals surface area contributed by atoms with Crippen LogP contribution in [0.3, 0.4) is 0 Å². The van der Waals surface area contributed by atoms with Crippen LogP contribution in [0.1, 0.15) is 5.56 Å². The van der Waals surface area contributed by atoms with E-state index in [0.29, 0.717) is 0 Å². The maximum atomic E-state index is 12.5. The maximum Gasteiger partial charge on any atom is 0.278 e. The molecule has 64 valence electrons. The fraction of sp³-hybridized carbons (Fsp3) is 0.143. The van der Waals surface area contributed by atoms with Crippen molar-refractivity contribution in [2.24, 2.45) is 0 Å². The van der Waals surface area contributed by atoms with Gasteiger partial charge < -0.3 is 5.11 Å². The number of phenols is 1. The fourth-order valence-electron chi connectivity index (χ4n) is 0.840. The first kappa shape index (κ1) is 8.45. The Morgan fingerprint density at radius 3 is 2.67 bits per heavy atom. The van der Waals surface area contributed by atoms with Gasteiger partial charge in [-0.05, 0) is 6.92 Å². The summed E-state index contributed by atoms with van der Waals surface area (Å²) in [5, 5.41) is 19.2. The van der Waals surface area contributed by atoms with Crippen molar-refractivity contribution >= 4 is 5.69 Å². The SMILES string of the molecule is Cc1c(O)cc(F)cc1[N+](=O)[O-]. The summed E-state index contributed by atoms with van der Waals surface area (Å²) >= 11 is 0. The minimum absolute atomic E-state index is 0.0707. The van der Waals surface area contributed by atoms with Gasteiger partial charge in [0.25, 0.3) is 5.69 Å². The number of rotatable bonds is 1. The molecule has 4 nitrogen and oxygen atoms in total. The summed E-state index contributed by atoms with van der Waals surface area (Å²) in [5.41, 5.74) is -0.339. The van der Waals surface area contributed by atoms with E-state index in [9.17, 15) is 14.5 Å². The van der Waals surface area contributed by atoms with Crippen molar-refractivity contribution in [1.82, 2.24) is 0 Å². The summed E-state index contributed by atoms with van der Waals surface area (Å²) in [6.07, 6.45) is 0. The van der Waals surface area contributed by atoms with Gasteiger partial charge in [0.15, 0.2) is 0 Å². The van der Waals surface area contributed by atoms with Gasteiger partial charge in [0.1, 0.15) is 11.6 Å². The van der Waals surface area contributed by atoms with E-state index in [1.165, 1.54) is 6.92 Å². The smallest absolute Gasteiger partial charge is 0.278 e. The third-order valence-electron chi connectivity index (χ3n) is 1.51. The lowest BCUT2D eigenvalue weighted by Gasteiger charge is -1.99. The summed E-state index contributed by atoms with van der Waals surface area (Å²) in [5.74, 6) is -1.22. The van der Waals surface area contributed by atoms with Gasteiger partial charge in [-0.2, -0.15) is 0 Å². The molecule has 0 atom stereocenters. The van der Waals surface area contributed by atoms with Crippen LogP contribution in [0.25, 0.3) is 0 Å². The molecule has 1 N–H and O–H groups in total. The Kier molecular flexibility index (Phi) is 1.95. The molecular weight excluding hydrogens is 165 g/mol. The second kappa shape index (κ2) is 2.77.